The van der Waals surface area contributed by atoms with Crippen molar-refractivity contribution < 1.29 is 0 Å². The molecule has 2 atom stereocenters. The van der Waals surface area contributed by atoms with Crippen molar-refractivity contribution in [3.63, 3.8) is 0 Å². The second-order valence-corrected chi connectivity index (χ2v) is 20.1. The quantitative estimate of drug-likeness (QED) is 0.291. The van der Waals surface area contributed by atoms with Gasteiger partial charge in [0.25, 0.3) is 0 Å². The van der Waals surface area contributed by atoms with Gasteiger partial charge in [0.05, 0.1) is 0 Å². The Morgan fingerprint density at radius 2 is 0.395 bits per heavy atom. The van der Waals surface area contributed by atoms with E-state index in [9.17, 15) is 0 Å². The molecule has 1 aliphatic rings. The first-order chi connectivity index (χ1) is 16.0. The predicted molar refractivity (Wildman–Crippen MR) is 175 cm³/mol. The Kier molecular flexibility index (Phi) is 8.53. The predicted octanol–water partition coefficient (Wildman–Crippen LogP) is 13.0. The maximum Gasteiger partial charge on any atom is -0.0241 e. The van der Waals surface area contributed by atoms with Crippen molar-refractivity contribution in [3.8, 4) is 0 Å². The van der Waals surface area contributed by atoms with Gasteiger partial charge in [-0.15, -0.1) is 0 Å². The molecule has 1 saturated carbocycles. The van der Waals surface area contributed by atoms with Crippen molar-refractivity contribution in [2.75, 3.05) is 0 Å². The van der Waals surface area contributed by atoms with Crippen molar-refractivity contribution in [1.29, 1.82) is 0 Å². The Morgan fingerprint density at radius 3 is 0.553 bits per heavy atom. The summed E-state index contributed by atoms with van der Waals surface area (Å²) in [7, 11) is 0. The first-order valence-electron chi connectivity index (χ1n) is 16.0. The van der Waals surface area contributed by atoms with Crippen molar-refractivity contribution in [2.45, 2.75) is 173 Å². The molecule has 1 aliphatic carbocycles. The molecule has 0 heterocycles. The lowest BCUT2D eigenvalue weighted by atomic mass is 9.31. The molecule has 0 nitrogen and oxygen atoms in total. The Labute approximate surface area is 243 Å². The van der Waals surface area contributed by atoms with Crippen LogP contribution in [-0.2, 0) is 0 Å². The van der Waals surface area contributed by atoms with E-state index in [-0.39, 0.29) is 59.6 Å². The minimum Gasteiger partial charge on any atom is -0.0620 e. The highest BCUT2D eigenvalue weighted by Crippen LogP contribution is 2.76. The molecular weight excluding hydrogens is 456 g/mol. The van der Waals surface area contributed by atoms with Gasteiger partial charge in [-0.2, -0.15) is 0 Å². The van der Waals surface area contributed by atoms with Gasteiger partial charge in [0.15, 0.2) is 0 Å². The fourth-order valence-corrected chi connectivity index (χ4v) is 9.43. The topological polar surface area (TPSA) is 0 Å². The van der Waals surface area contributed by atoms with Gasteiger partial charge in [0, 0.05) is 0 Å². The molecule has 0 N–H and O–H groups in total. The van der Waals surface area contributed by atoms with E-state index in [1.165, 1.54) is 6.42 Å². The minimum atomic E-state index is 0.0589. The Balaban J connectivity index is 4.35. The zero-order valence-electron chi connectivity index (χ0n) is 31.4. The minimum absolute atomic E-state index is 0.0589. The van der Waals surface area contributed by atoms with E-state index in [1.54, 1.807) is 0 Å². The second-order valence-electron chi connectivity index (χ2n) is 20.1. The van der Waals surface area contributed by atoms with Crippen molar-refractivity contribution in [1.82, 2.24) is 0 Å². The molecule has 1 fully saturated rings. The summed E-state index contributed by atoms with van der Waals surface area (Å²) >= 11 is 0. The van der Waals surface area contributed by atoms with Crippen molar-refractivity contribution >= 4 is 0 Å². The third-order valence-corrected chi connectivity index (χ3v) is 18.9. The lowest BCUT2D eigenvalue weighted by Gasteiger charge is -2.73. The van der Waals surface area contributed by atoms with Crippen molar-refractivity contribution in [3.05, 3.63) is 0 Å². The number of hydrogen-bond acceptors (Lipinski definition) is 0. The summed E-state index contributed by atoms with van der Waals surface area (Å²) in [6.07, 6.45) is 1.26. The lowest BCUT2D eigenvalue weighted by molar-refractivity contribution is -0.249. The largest absolute Gasteiger partial charge is 0.0620 e. The van der Waals surface area contributed by atoms with Crippen LogP contribution in [0.25, 0.3) is 0 Å². The Morgan fingerprint density at radius 1 is 0.263 bits per heavy atom. The van der Waals surface area contributed by atoms with Crippen LogP contribution in [0.4, 0.5) is 0 Å². The SMILES string of the molecule is CC1CC(C)C(C)(C)C(C)(C)C(C)(C)C(C)(C)C(C)(C)C(C)(C)C(C)(C)C(C)(C)C(C)(C)C(C)(C)C1(C)C. The monoisotopic (exact) mass is 533 g/mol. The molecule has 0 heteroatoms. The van der Waals surface area contributed by atoms with E-state index in [4.69, 9.17) is 0 Å². The highest BCUT2D eigenvalue weighted by molar-refractivity contribution is 5.17. The molecule has 0 spiro atoms. The van der Waals surface area contributed by atoms with E-state index >= 15 is 0 Å². The molecule has 228 valence electrons. The molecule has 2 unspecified atom stereocenters. The van der Waals surface area contributed by atoms with Crippen molar-refractivity contribution in [2.24, 2.45) is 71.4 Å². The van der Waals surface area contributed by atoms with Crippen LogP contribution in [-0.4, -0.2) is 0 Å². The van der Waals surface area contributed by atoms with Crippen LogP contribution in [0, 0.1) is 71.4 Å². The average molecular weight is 533 g/mol. The molecule has 0 aliphatic heterocycles. The number of rotatable bonds is 0. The fraction of sp³-hybridized carbons (Fsp3) is 1.00. The summed E-state index contributed by atoms with van der Waals surface area (Å²) in [6.45, 7) is 62.3. The highest BCUT2D eigenvalue weighted by Gasteiger charge is 2.69. The van der Waals surface area contributed by atoms with Crippen LogP contribution in [0.2, 0.25) is 0 Å². The summed E-state index contributed by atoms with van der Waals surface area (Å²) in [5.41, 5.74) is 1.13. The first-order valence-corrected chi connectivity index (χ1v) is 16.0. The molecule has 0 aromatic carbocycles. The summed E-state index contributed by atoms with van der Waals surface area (Å²) in [5, 5.41) is 0. The zero-order chi connectivity index (χ0) is 31.4. The van der Waals surface area contributed by atoms with E-state index in [0.29, 0.717) is 11.8 Å². The number of hydrogen-bond donors (Lipinski definition) is 0. The lowest BCUT2D eigenvalue weighted by Crippen LogP contribution is -2.67. The van der Waals surface area contributed by atoms with E-state index in [0.717, 1.165) is 0 Å². The molecule has 38 heavy (non-hydrogen) atoms. The molecule has 0 aromatic rings. The van der Waals surface area contributed by atoms with Gasteiger partial charge in [0.2, 0.25) is 0 Å². The molecule has 0 saturated heterocycles. The average Bonchev–Trinajstić information content (AvgIpc) is 2.71. The highest BCUT2D eigenvalue weighted by atomic mass is 14.7. The van der Waals surface area contributed by atoms with Crippen LogP contribution in [0.3, 0.4) is 0 Å². The summed E-state index contributed by atoms with van der Waals surface area (Å²) in [4.78, 5) is 0. The van der Waals surface area contributed by atoms with Gasteiger partial charge in [-0.1, -0.05) is 166 Å². The third-order valence-electron chi connectivity index (χ3n) is 18.9. The molecular formula is C38H76. The molecule has 0 radical (unpaired) electrons. The Bertz CT molecular complexity index is 790. The summed E-state index contributed by atoms with van der Waals surface area (Å²) in [5.74, 6) is 1.23. The van der Waals surface area contributed by atoms with E-state index < -0.39 is 0 Å². The van der Waals surface area contributed by atoms with Gasteiger partial charge in [-0.3, -0.25) is 0 Å². The summed E-state index contributed by atoms with van der Waals surface area (Å²) < 4.78 is 0. The Hall–Kier alpha value is 0. The van der Waals surface area contributed by atoms with Gasteiger partial charge in [0.1, 0.15) is 0 Å². The zero-order valence-corrected chi connectivity index (χ0v) is 31.4. The third kappa shape index (κ3) is 3.92. The van der Waals surface area contributed by atoms with Gasteiger partial charge in [-0.05, 0) is 77.8 Å². The van der Waals surface area contributed by atoms with Crippen LogP contribution in [0.1, 0.15) is 173 Å². The van der Waals surface area contributed by atoms with E-state index in [2.05, 4.69) is 166 Å². The second kappa shape index (κ2) is 9.00. The maximum atomic E-state index is 2.61. The van der Waals surface area contributed by atoms with Gasteiger partial charge >= 0.3 is 0 Å². The smallest absolute Gasteiger partial charge is 0.0241 e. The first kappa shape index (κ1) is 36.0. The molecule has 0 aromatic heterocycles. The molecule has 1 rings (SSSR count). The van der Waals surface area contributed by atoms with Crippen LogP contribution >= 0.6 is 0 Å². The van der Waals surface area contributed by atoms with Crippen LogP contribution < -0.4 is 0 Å². The standard InChI is InChI=1S/C38H76/c1-26-25-27(2)29(5,6)31(9,10)33(13,14)35(17,18)37(21,22)38(23,24)36(19,20)34(15,16)32(11,12)30(7,8)28(26,3)4/h26-27H,25H2,1-24H3. The van der Waals surface area contributed by atoms with Crippen LogP contribution in [0.5, 0.6) is 0 Å². The van der Waals surface area contributed by atoms with E-state index in [1.807, 2.05) is 0 Å². The molecule has 0 amide bonds. The maximum absolute atomic E-state index is 2.61. The van der Waals surface area contributed by atoms with Gasteiger partial charge < -0.3 is 0 Å². The van der Waals surface area contributed by atoms with Crippen LogP contribution in [0.15, 0.2) is 0 Å². The fourth-order valence-electron chi connectivity index (χ4n) is 9.43. The molecule has 0 bridgehead atoms. The normalized spacial score (nSPS) is 36.0. The van der Waals surface area contributed by atoms with Gasteiger partial charge in [-0.25, -0.2) is 0 Å². The summed E-state index contributed by atoms with van der Waals surface area (Å²) in [6, 6.07) is 0.